The van der Waals surface area contributed by atoms with E-state index in [1.165, 1.54) is 6.21 Å². The summed E-state index contributed by atoms with van der Waals surface area (Å²) in [6, 6.07) is 22.9. The quantitative estimate of drug-likeness (QED) is 0.0888. The standard InChI is InChI=1S/C31H30N8O2/c1-3-41-24-14-12-23(13-15-24)28-16-26(25-6-4-5-7-27(25)35-28)31(40)36-30-20(2)37-39(29(30)18-34-38-33)19-22-10-8-21(17-32)9-11-22/h4-17,28,32,35H,3,18-19H2,1-2H3,(H,36,40). The summed E-state index contributed by atoms with van der Waals surface area (Å²) < 4.78 is 7.33. The lowest BCUT2D eigenvalue weighted by atomic mass is 9.93. The zero-order chi connectivity index (χ0) is 28.8. The average Bonchev–Trinajstić information content (AvgIpc) is 3.29. The molecule has 1 aromatic heterocycles. The Morgan fingerprint density at radius 1 is 1.17 bits per heavy atom. The van der Waals surface area contributed by atoms with Crippen molar-refractivity contribution in [2.24, 2.45) is 5.11 Å². The maximum absolute atomic E-state index is 13.9. The largest absolute Gasteiger partial charge is 0.494 e. The van der Waals surface area contributed by atoms with Crippen LogP contribution in [-0.4, -0.2) is 28.5 Å². The number of rotatable bonds is 10. The number of nitrogens with one attached hydrogen (secondary N) is 3. The SMILES string of the molecule is CCOc1ccc(C2C=C(C(=O)Nc3c(C)nn(Cc4ccc(C=N)cc4)c3CN=[N+]=[N-])c3ccccc3N2)cc1. The van der Waals surface area contributed by atoms with Crippen molar-refractivity contribution in [1.82, 2.24) is 9.78 Å². The van der Waals surface area contributed by atoms with Gasteiger partial charge >= 0.3 is 0 Å². The van der Waals surface area contributed by atoms with Crippen molar-refractivity contribution in [3.05, 3.63) is 123 Å². The van der Waals surface area contributed by atoms with Crippen molar-refractivity contribution in [2.45, 2.75) is 33.0 Å². The molecular formula is C31H30N8O2. The van der Waals surface area contributed by atoms with E-state index in [0.717, 1.165) is 33.7 Å². The summed E-state index contributed by atoms with van der Waals surface area (Å²) in [6.45, 7) is 4.80. The molecule has 10 heteroatoms. The molecule has 0 aliphatic carbocycles. The molecule has 1 atom stereocenters. The lowest BCUT2D eigenvalue weighted by Crippen LogP contribution is -2.22. The van der Waals surface area contributed by atoms with Crippen LogP contribution in [0.2, 0.25) is 0 Å². The van der Waals surface area contributed by atoms with E-state index in [2.05, 4.69) is 25.8 Å². The lowest BCUT2D eigenvalue weighted by molar-refractivity contribution is -0.111. The Bertz CT molecular complexity index is 1650. The van der Waals surface area contributed by atoms with E-state index in [9.17, 15) is 4.79 Å². The van der Waals surface area contributed by atoms with E-state index < -0.39 is 0 Å². The van der Waals surface area contributed by atoms with Gasteiger partial charge in [-0.3, -0.25) is 9.48 Å². The van der Waals surface area contributed by atoms with Crippen LogP contribution in [0.25, 0.3) is 16.0 Å². The van der Waals surface area contributed by atoms with Gasteiger partial charge in [0.1, 0.15) is 5.75 Å². The van der Waals surface area contributed by atoms with Crippen LogP contribution in [0, 0.1) is 12.3 Å². The van der Waals surface area contributed by atoms with Crippen molar-refractivity contribution in [3.8, 4) is 5.75 Å². The van der Waals surface area contributed by atoms with Gasteiger partial charge in [0, 0.05) is 28.0 Å². The Hall–Kier alpha value is -5.34. The molecule has 1 aliphatic heterocycles. The number of aromatic nitrogens is 2. The molecular weight excluding hydrogens is 516 g/mol. The van der Waals surface area contributed by atoms with Crippen LogP contribution < -0.4 is 15.4 Å². The van der Waals surface area contributed by atoms with Crippen molar-refractivity contribution < 1.29 is 9.53 Å². The number of aryl methyl sites for hydroxylation is 1. The molecule has 4 aromatic rings. The highest BCUT2D eigenvalue weighted by atomic mass is 16.5. The fraction of sp³-hybridized carbons (Fsp3) is 0.194. The molecule has 10 nitrogen and oxygen atoms in total. The summed E-state index contributed by atoms with van der Waals surface area (Å²) in [5, 5.41) is 22.4. The monoisotopic (exact) mass is 546 g/mol. The zero-order valence-electron chi connectivity index (χ0n) is 22.8. The van der Waals surface area contributed by atoms with Gasteiger partial charge in [-0.1, -0.05) is 59.7 Å². The average molecular weight is 547 g/mol. The predicted octanol–water partition coefficient (Wildman–Crippen LogP) is 6.64. The van der Waals surface area contributed by atoms with Crippen LogP contribution in [-0.2, 0) is 17.9 Å². The first kappa shape index (κ1) is 27.2. The second kappa shape index (κ2) is 12.2. The van der Waals surface area contributed by atoms with E-state index in [1.54, 1.807) is 4.68 Å². The molecule has 5 rings (SSSR count). The third-order valence-electron chi connectivity index (χ3n) is 6.89. The molecule has 0 saturated carbocycles. The highest BCUT2D eigenvalue weighted by Crippen LogP contribution is 2.36. The van der Waals surface area contributed by atoms with E-state index in [0.29, 0.717) is 35.8 Å². The fourth-order valence-corrected chi connectivity index (χ4v) is 4.88. The Labute approximate surface area is 237 Å². The van der Waals surface area contributed by atoms with Crippen LogP contribution in [0.4, 0.5) is 11.4 Å². The van der Waals surface area contributed by atoms with Gasteiger partial charge in [-0.2, -0.15) is 5.10 Å². The number of fused-ring (bicyclic) bond motifs is 1. The van der Waals surface area contributed by atoms with Crippen LogP contribution in [0.15, 0.2) is 84.0 Å². The molecule has 0 radical (unpaired) electrons. The Morgan fingerprint density at radius 3 is 2.63 bits per heavy atom. The number of ether oxygens (including phenoxy) is 1. The number of nitrogens with zero attached hydrogens (tertiary/aromatic N) is 5. The normalized spacial score (nSPS) is 13.7. The summed E-state index contributed by atoms with van der Waals surface area (Å²) in [7, 11) is 0. The van der Waals surface area contributed by atoms with Gasteiger partial charge in [-0.15, -0.1) is 0 Å². The summed E-state index contributed by atoms with van der Waals surface area (Å²) in [6.07, 6.45) is 3.21. The number of anilines is 2. The molecule has 0 bridgehead atoms. The third kappa shape index (κ3) is 5.98. The van der Waals surface area contributed by atoms with Gasteiger partial charge in [-0.05, 0) is 60.3 Å². The number of azide groups is 1. The molecule has 0 saturated heterocycles. The minimum Gasteiger partial charge on any atom is -0.494 e. The summed E-state index contributed by atoms with van der Waals surface area (Å²) in [5.41, 5.74) is 15.7. The topological polar surface area (TPSA) is 141 Å². The first-order valence-corrected chi connectivity index (χ1v) is 13.3. The number of benzene rings is 3. The molecule has 1 unspecified atom stereocenters. The number of carbonyl (C=O) groups is 1. The van der Waals surface area contributed by atoms with Gasteiger partial charge in [0.05, 0.1) is 42.8 Å². The van der Waals surface area contributed by atoms with Crippen LogP contribution in [0.1, 0.15) is 46.6 Å². The second-order valence-corrected chi connectivity index (χ2v) is 9.54. The minimum atomic E-state index is -0.282. The van der Waals surface area contributed by atoms with Crippen LogP contribution in [0.5, 0.6) is 5.75 Å². The van der Waals surface area contributed by atoms with E-state index in [1.807, 2.05) is 92.7 Å². The zero-order valence-corrected chi connectivity index (χ0v) is 22.8. The summed E-state index contributed by atoms with van der Waals surface area (Å²) in [5.74, 6) is 0.509. The van der Waals surface area contributed by atoms with Gasteiger partial charge in [0.15, 0.2) is 0 Å². The molecule has 1 aliphatic rings. The Kier molecular flexibility index (Phi) is 8.13. The van der Waals surface area contributed by atoms with Gasteiger partial charge < -0.3 is 20.8 Å². The first-order valence-electron chi connectivity index (χ1n) is 13.3. The fourth-order valence-electron chi connectivity index (χ4n) is 4.88. The van der Waals surface area contributed by atoms with Crippen LogP contribution in [0.3, 0.4) is 0 Å². The molecule has 3 aromatic carbocycles. The van der Waals surface area contributed by atoms with Gasteiger partial charge in [0.25, 0.3) is 5.91 Å². The maximum Gasteiger partial charge on any atom is 0.256 e. The summed E-state index contributed by atoms with van der Waals surface area (Å²) in [4.78, 5) is 16.8. The van der Waals surface area contributed by atoms with E-state index in [-0.39, 0.29) is 18.5 Å². The molecule has 0 spiro atoms. The molecule has 3 N–H and O–H groups in total. The first-order chi connectivity index (χ1) is 20.0. The Balaban J connectivity index is 1.47. The number of hydrogen-bond donors (Lipinski definition) is 3. The van der Waals surface area contributed by atoms with Crippen molar-refractivity contribution in [1.29, 1.82) is 5.41 Å². The minimum absolute atomic E-state index is 0.0253. The predicted molar refractivity (Wildman–Crippen MR) is 160 cm³/mol. The molecule has 206 valence electrons. The van der Waals surface area contributed by atoms with Crippen molar-refractivity contribution in [2.75, 3.05) is 17.2 Å². The van der Waals surface area contributed by atoms with Crippen LogP contribution >= 0.6 is 0 Å². The number of amides is 1. The molecule has 0 fully saturated rings. The number of para-hydroxylation sites is 1. The lowest BCUT2D eigenvalue weighted by Gasteiger charge is -2.26. The maximum atomic E-state index is 13.9. The highest BCUT2D eigenvalue weighted by Gasteiger charge is 2.26. The second-order valence-electron chi connectivity index (χ2n) is 9.54. The van der Waals surface area contributed by atoms with Crippen molar-refractivity contribution in [3.63, 3.8) is 0 Å². The number of carbonyl (C=O) groups excluding carboxylic acids is 1. The van der Waals surface area contributed by atoms with E-state index in [4.69, 9.17) is 15.7 Å². The molecule has 41 heavy (non-hydrogen) atoms. The van der Waals surface area contributed by atoms with Gasteiger partial charge in [0.2, 0.25) is 0 Å². The smallest absolute Gasteiger partial charge is 0.256 e. The Morgan fingerprint density at radius 2 is 1.93 bits per heavy atom. The van der Waals surface area contributed by atoms with Crippen molar-refractivity contribution >= 4 is 29.1 Å². The molecule has 1 amide bonds. The van der Waals surface area contributed by atoms with E-state index >= 15 is 0 Å². The third-order valence-corrected chi connectivity index (χ3v) is 6.89. The number of hydrogen-bond acceptors (Lipinski definition) is 6. The van der Waals surface area contributed by atoms with Gasteiger partial charge in [-0.25, -0.2) is 0 Å². The highest BCUT2D eigenvalue weighted by molar-refractivity contribution is 6.27. The molecule has 2 heterocycles. The summed E-state index contributed by atoms with van der Waals surface area (Å²) >= 11 is 0.